The average Bonchev–Trinajstić information content (AvgIpc) is 2.12. The van der Waals surface area contributed by atoms with Crippen LogP contribution in [0.5, 0.6) is 0 Å². The van der Waals surface area contributed by atoms with E-state index in [-0.39, 0.29) is 5.56 Å². The van der Waals surface area contributed by atoms with E-state index >= 15 is 0 Å². The van der Waals surface area contributed by atoms with Gasteiger partial charge in [0.2, 0.25) is 0 Å². The number of fused-ring (bicyclic) bond motifs is 1. The van der Waals surface area contributed by atoms with Crippen LogP contribution in [0.4, 0.5) is 5.69 Å². The van der Waals surface area contributed by atoms with E-state index < -0.39 is 0 Å². The van der Waals surface area contributed by atoms with Crippen LogP contribution in [0.1, 0.15) is 0 Å². The number of benzene rings is 1. The Morgan fingerprint density at radius 2 is 2.15 bits per heavy atom. The lowest BCUT2D eigenvalue weighted by Crippen LogP contribution is -2.29. The first-order valence-electron chi connectivity index (χ1n) is 3.71. The van der Waals surface area contributed by atoms with E-state index in [2.05, 4.69) is 5.10 Å². The van der Waals surface area contributed by atoms with Crippen LogP contribution >= 0.6 is 0 Å². The zero-order chi connectivity index (χ0) is 9.42. The van der Waals surface area contributed by atoms with Gasteiger partial charge in [0.15, 0.2) is 0 Å². The summed E-state index contributed by atoms with van der Waals surface area (Å²) in [7, 11) is 0. The van der Waals surface area contributed by atoms with Crippen LogP contribution in [0.15, 0.2) is 29.2 Å². The van der Waals surface area contributed by atoms with E-state index in [0.29, 0.717) is 11.1 Å². The first-order chi connectivity index (χ1) is 6.18. The molecular formula is C8H8N4O. The van der Waals surface area contributed by atoms with Crippen molar-refractivity contribution in [1.29, 1.82) is 0 Å². The van der Waals surface area contributed by atoms with Crippen molar-refractivity contribution in [3.63, 3.8) is 0 Å². The molecular weight excluding hydrogens is 168 g/mol. The number of hydrogen-bond acceptors (Lipinski definition) is 4. The molecule has 0 unspecified atom stereocenters. The molecule has 0 saturated carbocycles. The summed E-state index contributed by atoms with van der Waals surface area (Å²) in [5.74, 6) is 5.29. The smallest absolute Gasteiger partial charge is 0.293 e. The van der Waals surface area contributed by atoms with E-state index in [9.17, 15) is 4.79 Å². The molecule has 0 fully saturated rings. The SMILES string of the molecule is Nc1ccc2cnn(N)c(=O)c2c1. The lowest BCUT2D eigenvalue weighted by atomic mass is 10.2. The fraction of sp³-hybridized carbons (Fsp3) is 0. The Hall–Kier alpha value is -2.04. The Labute approximate surface area is 73.5 Å². The first-order valence-corrected chi connectivity index (χ1v) is 3.71. The van der Waals surface area contributed by atoms with Crippen LogP contribution in [0.2, 0.25) is 0 Å². The van der Waals surface area contributed by atoms with Gasteiger partial charge in [0.05, 0.1) is 11.6 Å². The van der Waals surface area contributed by atoms with Crippen molar-refractivity contribution in [2.45, 2.75) is 0 Å². The Morgan fingerprint density at radius 3 is 2.92 bits per heavy atom. The van der Waals surface area contributed by atoms with Gasteiger partial charge in [0.25, 0.3) is 5.56 Å². The second-order valence-electron chi connectivity index (χ2n) is 2.74. The molecule has 4 N–H and O–H groups in total. The standard InChI is InChI=1S/C8H8N4O/c9-6-2-1-5-4-11-12(10)8(13)7(5)3-6/h1-4H,9-10H2. The fourth-order valence-corrected chi connectivity index (χ4v) is 1.17. The molecule has 0 amide bonds. The van der Waals surface area contributed by atoms with Gasteiger partial charge in [-0.05, 0) is 12.1 Å². The van der Waals surface area contributed by atoms with Gasteiger partial charge in [-0.25, -0.2) is 0 Å². The molecule has 1 heterocycles. The molecule has 13 heavy (non-hydrogen) atoms. The van der Waals surface area contributed by atoms with E-state index in [0.717, 1.165) is 10.2 Å². The van der Waals surface area contributed by atoms with Crippen molar-refractivity contribution in [3.8, 4) is 0 Å². The minimum absolute atomic E-state index is 0.343. The molecule has 66 valence electrons. The van der Waals surface area contributed by atoms with E-state index in [4.69, 9.17) is 11.6 Å². The fourth-order valence-electron chi connectivity index (χ4n) is 1.17. The summed E-state index contributed by atoms with van der Waals surface area (Å²) in [6.45, 7) is 0. The molecule has 2 rings (SSSR count). The van der Waals surface area contributed by atoms with Crippen LogP contribution in [0, 0.1) is 0 Å². The van der Waals surface area contributed by atoms with Crippen LogP contribution in [-0.2, 0) is 0 Å². The molecule has 0 aliphatic carbocycles. The van der Waals surface area contributed by atoms with E-state index in [1.165, 1.54) is 6.20 Å². The van der Waals surface area contributed by atoms with Crippen LogP contribution in [-0.4, -0.2) is 9.89 Å². The van der Waals surface area contributed by atoms with E-state index in [1.54, 1.807) is 18.2 Å². The van der Waals surface area contributed by atoms with Crippen molar-refractivity contribution < 1.29 is 0 Å². The number of aromatic nitrogens is 2. The molecule has 0 aliphatic heterocycles. The summed E-state index contributed by atoms with van der Waals surface area (Å²) in [5.41, 5.74) is 5.73. The monoisotopic (exact) mass is 176 g/mol. The molecule has 0 spiro atoms. The number of hydrogen-bond donors (Lipinski definition) is 2. The molecule has 0 atom stereocenters. The Morgan fingerprint density at radius 1 is 1.38 bits per heavy atom. The minimum atomic E-state index is -0.343. The average molecular weight is 176 g/mol. The van der Waals surface area contributed by atoms with Crippen molar-refractivity contribution in [3.05, 3.63) is 34.7 Å². The highest BCUT2D eigenvalue weighted by molar-refractivity contribution is 5.83. The van der Waals surface area contributed by atoms with Gasteiger partial charge in [0, 0.05) is 11.1 Å². The number of anilines is 1. The number of nitrogen functional groups attached to an aromatic ring is 2. The predicted molar refractivity (Wildman–Crippen MR) is 50.6 cm³/mol. The highest BCUT2D eigenvalue weighted by atomic mass is 16.1. The largest absolute Gasteiger partial charge is 0.399 e. The third-order valence-electron chi connectivity index (χ3n) is 1.84. The minimum Gasteiger partial charge on any atom is -0.399 e. The van der Waals surface area contributed by atoms with Crippen molar-refractivity contribution >= 4 is 16.5 Å². The highest BCUT2D eigenvalue weighted by Gasteiger charge is 2.00. The van der Waals surface area contributed by atoms with Gasteiger partial charge in [0.1, 0.15) is 0 Å². The van der Waals surface area contributed by atoms with Crippen molar-refractivity contribution in [2.75, 3.05) is 11.6 Å². The molecule has 1 aromatic carbocycles. The van der Waals surface area contributed by atoms with Gasteiger partial charge < -0.3 is 11.6 Å². The zero-order valence-electron chi connectivity index (χ0n) is 6.77. The molecule has 1 aromatic heterocycles. The van der Waals surface area contributed by atoms with Crippen molar-refractivity contribution in [1.82, 2.24) is 9.89 Å². The van der Waals surface area contributed by atoms with Crippen LogP contribution < -0.4 is 17.1 Å². The summed E-state index contributed by atoms with van der Waals surface area (Å²) in [4.78, 5) is 12.2. The van der Waals surface area contributed by atoms with E-state index in [1.807, 2.05) is 0 Å². The van der Waals surface area contributed by atoms with Crippen LogP contribution in [0.25, 0.3) is 10.8 Å². The summed E-state index contributed by atoms with van der Waals surface area (Å²) >= 11 is 0. The third kappa shape index (κ3) is 1.10. The molecule has 2 aromatic rings. The van der Waals surface area contributed by atoms with Gasteiger partial charge in [-0.3, -0.25) is 4.79 Å². The quantitative estimate of drug-likeness (QED) is 0.426. The number of nitrogens with zero attached hydrogens (tertiary/aromatic N) is 2. The van der Waals surface area contributed by atoms with Gasteiger partial charge in [-0.15, -0.1) is 4.79 Å². The second-order valence-corrected chi connectivity index (χ2v) is 2.74. The summed E-state index contributed by atoms with van der Waals surface area (Å²) < 4.78 is 0. The van der Waals surface area contributed by atoms with Crippen molar-refractivity contribution in [2.24, 2.45) is 0 Å². The predicted octanol–water partition coefficient (Wildman–Crippen LogP) is -0.308. The maximum atomic E-state index is 11.4. The highest BCUT2D eigenvalue weighted by Crippen LogP contribution is 2.11. The maximum absolute atomic E-state index is 11.4. The maximum Gasteiger partial charge on any atom is 0.293 e. The molecule has 0 aliphatic rings. The Balaban J connectivity index is 2.97. The molecule has 0 saturated heterocycles. The molecule has 5 heteroatoms. The van der Waals surface area contributed by atoms with Crippen LogP contribution in [0.3, 0.4) is 0 Å². The molecule has 5 nitrogen and oxygen atoms in total. The Kier molecular flexibility index (Phi) is 1.45. The second kappa shape index (κ2) is 2.48. The zero-order valence-corrected chi connectivity index (χ0v) is 6.77. The topological polar surface area (TPSA) is 86.9 Å². The molecule has 0 radical (unpaired) electrons. The summed E-state index contributed by atoms with van der Waals surface area (Å²) in [5, 5.41) is 4.90. The lowest BCUT2D eigenvalue weighted by molar-refractivity contribution is 0.776. The summed E-state index contributed by atoms with van der Waals surface area (Å²) in [6, 6.07) is 5.03. The Bertz CT molecular complexity index is 512. The number of nitrogens with two attached hydrogens (primary N) is 2. The summed E-state index contributed by atoms with van der Waals surface area (Å²) in [6.07, 6.45) is 1.52. The molecule has 0 bridgehead atoms. The third-order valence-corrected chi connectivity index (χ3v) is 1.84. The normalized spacial score (nSPS) is 10.5. The lowest BCUT2D eigenvalue weighted by Gasteiger charge is -1.99. The number of rotatable bonds is 0. The van der Waals surface area contributed by atoms with Gasteiger partial charge in [-0.2, -0.15) is 5.10 Å². The van der Waals surface area contributed by atoms with Gasteiger partial charge >= 0.3 is 0 Å². The van der Waals surface area contributed by atoms with Gasteiger partial charge in [-0.1, -0.05) is 6.07 Å². The first kappa shape index (κ1) is 7.60.